The standard InChI is InChI=1S/C23H31F3N4OS/c1-16-3-2-8-30(13-16)19-6-9-29(10-7-19)20-11-18(23(24,25)26)5-4-17(20)14-32-15-28-12-21(32)22(27)31/h4-5,11-12,15-16,19,32H,2-3,6-10,13-14H2,1H3,(H2,27,31)/t16-/m1/s1. The average molecular weight is 469 g/mol. The van der Waals surface area contributed by atoms with E-state index in [4.69, 9.17) is 5.73 Å². The molecule has 2 fully saturated rings. The number of benzene rings is 1. The molecule has 3 heterocycles. The van der Waals surface area contributed by atoms with E-state index in [9.17, 15) is 18.0 Å². The van der Waals surface area contributed by atoms with Crippen LogP contribution in [0.5, 0.6) is 0 Å². The van der Waals surface area contributed by atoms with Gasteiger partial charge in [-0.3, -0.25) is 14.7 Å². The lowest BCUT2D eigenvalue weighted by Crippen LogP contribution is -2.48. The number of nitrogens with zero attached hydrogens (tertiary/aromatic N) is 3. The fourth-order valence-corrected chi connectivity index (χ4v) is 6.77. The van der Waals surface area contributed by atoms with E-state index < -0.39 is 28.5 Å². The van der Waals surface area contributed by atoms with Crippen LogP contribution in [-0.4, -0.2) is 48.6 Å². The first-order chi connectivity index (χ1) is 15.2. The Morgan fingerprint density at radius 1 is 1.22 bits per heavy atom. The second-order valence-corrected chi connectivity index (χ2v) is 11.0. The van der Waals surface area contributed by atoms with E-state index >= 15 is 0 Å². The van der Waals surface area contributed by atoms with Gasteiger partial charge in [0.25, 0.3) is 5.91 Å². The van der Waals surface area contributed by atoms with Crippen molar-refractivity contribution in [2.24, 2.45) is 16.6 Å². The SMILES string of the molecule is C[C@@H]1CCCN(C2CCN(c3cc(C(F)(F)F)ccc3C[SH]3C=NC=C3C(N)=O)CC2)C1. The van der Waals surface area contributed by atoms with Gasteiger partial charge in [-0.1, -0.05) is 13.0 Å². The lowest BCUT2D eigenvalue weighted by molar-refractivity contribution is -0.137. The number of thiol groups is 1. The third-order valence-electron chi connectivity index (χ3n) is 6.73. The van der Waals surface area contributed by atoms with Gasteiger partial charge in [0.1, 0.15) is 0 Å². The molecule has 0 saturated carbocycles. The van der Waals surface area contributed by atoms with Crippen molar-refractivity contribution < 1.29 is 18.0 Å². The number of hydrogen-bond acceptors (Lipinski definition) is 4. The molecule has 0 aliphatic carbocycles. The van der Waals surface area contributed by atoms with E-state index in [2.05, 4.69) is 21.7 Å². The largest absolute Gasteiger partial charge is 0.416 e. The van der Waals surface area contributed by atoms with E-state index in [-0.39, 0.29) is 0 Å². The maximum atomic E-state index is 13.5. The molecule has 32 heavy (non-hydrogen) atoms. The highest BCUT2D eigenvalue weighted by Gasteiger charge is 2.33. The topological polar surface area (TPSA) is 61.9 Å². The fraction of sp³-hybridized carbons (Fsp3) is 0.565. The predicted octanol–water partition coefficient (Wildman–Crippen LogP) is 4.28. The van der Waals surface area contributed by atoms with E-state index in [0.29, 0.717) is 28.3 Å². The molecule has 5 nitrogen and oxygen atoms in total. The minimum atomic E-state index is -4.39. The van der Waals surface area contributed by atoms with Crippen LogP contribution in [0.4, 0.5) is 18.9 Å². The molecule has 1 aromatic rings. The number of piperidine rings is 2. The molecule has 2 N–H and O–H groups in total. The molecule has 0 bridgehead atoms. The lowest BCUT2D eigenvalue weighted by atomic mass is 9.94. The number of carbonyl (C=O) groups excluding carboxylic acids is 1. The van der Waals surface area contributed by atoms with Crippen molar-refractivity contribution in [3.8, 4) is 0 Å². The molecular weight excluding hydrogens is 437 g/mol. The summed E-state index contributed by atoms with van der Waals surface area (Å²) in [6.45, 7) is 5.99. The summed E-state index contributed by atoms with van der Waals surface area (Å²) < 4.78 is 40.4. The molecule has 0 aromatic heterocycles. The Hall–Kier alpha value is -2.00. The van der Waals surface area contributed by atoms with Crippen LogP contribution >= 0.6 is 10.9 Å². The maximum Gasteiger partial charge on any atom is 0.416 e. The molecule has 3 aliphatic heterocycles. The highest BCUT2D eigenvalue weighted by Crippen LogP contribution is 2.43. The third-order valence-corrected chi connectivity index (χ3v) is 8.78. The van der Waals surface area contributed by atoms with Crippen LogP contribution in [0, 0.1) is 5.92 Å². The number of anilines is 1. The highest BCUT2D eigenvalue weighted by atomic mass is 32.2. The van der Waals surface area contributed by atoms with Crippen LogP contribution in [0.1, 0.15) is 43.7 Å². The van der Waals surface area contributed by atoms with Gasteiger partial charge < -0.3 is 10.6 Å². The van der Waals surface area contributed by atoms with Crippen LogP contribution in [0.3, 0.4) is 0 Å². The summed E-state index contributed by atoms with van der Waals surface area (Å²) in [6.07, 6.45) is 1.48. The van der Waals surface area contributed by atoms with Crippen molar-refractivity contribution in [2.45, 2.75) is 50.6 Å². The summed E-state index contributed by atoms with van der Waals surface area (Å²) in [4.78, 5) is 20.9. The minimum Gasteiger partial charge on any atom is -0.371 e. The molecule has 0 radical (unpaired) electrons. The molecule has 2 atom stereocenters. The molecular formula is C23H31F3N4OS. The van der Waals surface area contributed by atoms with Crippen LogP contribution in [0.15, 0.2) is 34.3 Å². The van der Waals surface area contributed by atoms with E-state index in [0.717, 1.165) is 50.7 Å². The molecule has 2 saturated heterocycles. The van der Waals surface area contributed by atoms with Crippen LogP contribution in [-0.2, 0) is 16.7 Å². The summed E-state index contributed by atoms with van der Waals surface area (Å²) in [5.41, 5.74) is 7.97. The van der Waals surface area contributed by atoms with Crippen molar-refractivity contribution in [1.29, 1.82) is 0 Å². The van der Waals surface area contributed by atoms with Gasteiger partial charge in [-0.05, 0) is 55.8 Å². The van der Waals surface area contributed by atoms with Crippen molar-refractivity contribution in [3.63, 3.8) is 0 Å². The fourth-order valence-electron chi connectivity index (χ4n) is 5.03. The number of carbonyl (C=O) groups is 1. The summed E-state index contributed by atoms with van der Waals surface area (Å²) in [5, 5.41) is 0. The normalized spacial score (nSPS) is 26.4. The number of nitrogens with two attached hydrogens (primary N) is 1. The molecule has 0 spiro atoms. The van der Waals surface area contributed by atoms with E-state index in [1.165, 1.54) is 25.1 Å². The molecule has 176 valence electrons. The Bertz CT molecular complexity index is 909. The molecule has 1 unspecified atom stereocenters. The first-order valence-electron chi connectivity index (χ1n) is 11.2. The van der Waals surface area contributed by atoms with Crippen LogP contribution in [0.2, 0.25) is 0 Å². The predicted molar refractivity (Wildman–Crippen MR) is 125 cm³/mol. The Morgan fingerprint density at radius 3 is 2.62 bits per heavy atom. The monoisotopic (exact) mass is 468 g/mol. The van der Waals surface area contributed by atoms with Gasteiger partial charge in [-0.25, -0.2) is 0 Å². The van der Waals surface area contributed by atoms with Gasteiger partial charge in [0, 0.05) is 48.9 Å². The van der Waals surface area contributed by atoms with Gasteiger partial charge in [-0.2, -0.15) is 24.1 Å². The van der Waals surface area contributed by atoms with E-state index in [1.54, 1.807) is 11.6 Å². The Kier molecular flexibility index (Phi) is 6.86. The number of primary amides is 1. The number of amides is 1. The maximum absolute atomic E-state index is 13.5. The summed E-state index contributed by atoms with van der Waals surface area (Å²) >= 11 is 0. The van der Waals surface area contributed by atoms with Crippen molar-refractivity contribution in [2.75, 3.05) is 31.1 Å². The number of aliphatic imine (C=N–C) groups is 1. The first kappa shape index (κ1) is 23.2. The Balaban J connectivity index is 1.53. The lowest BCUT2D eigenvalue weighted by Gasteiger charge is -2.43. The summed E-state index contributed by atoms with van der Waals surface area (Å²) in [5.74, 6) is 0.656. The average Bonchev–Trinajstić information content (AvgIpc) is 3.22. The number of likely N-dealkylation sites (tertiary alicyclic amines) is 1. The van der Waals surface area contributed by atoms with Gasteiger partial charge in [-0.15, -0.1) is 0 Å². The van der Waals surface area contributed by atoms with Crippen LogP contribution in [0.25, 0.3) is 0 Å². The molecule has 3 aliphatic rings. The number of halogens is 3. The highest BCUT2D eigenvalue weighted by molar-refractivity contribution is 8.31. The van der Waals surface area contributed by atoms with E-state index in [1.807, 2.05) is 0 Å². The van der Waals surface area contributed by atoms with Crippen molar-refractivity contribution >= 4 is 28.0 Å². The van der Waals surface area contributed by atoms with Crippen molar-refractivity contribution in [1.82, 2.24) is 4.90 Å². The van der Waals surface area contributed by atoms with Gasteiger partial charge in [0.15, 0.2) is 0 Å². The van der Waals surface area contributed by atoms with Gasteiger partial charge >= 0.3 is 6.18 Å². The zero-order chi connectivity index (χ0) is 22.9. The molecule has 4 rings (SSSR count). The first-order valence-corrected chi connectivity index (χ1v) is 12.8. The smallest absolute Gasteiger partial charge is 0.371 e. The van der Waals surface area contributed by atoms with Gasteiger partial charge in [0.05, 0.1) is 10.5 Å². The molecule has 1 aromatic carbocycles. The zero-order valence-electron chi connectivity index (χ0n) is 18.3. The number of alkyl halides is 3. The zero-order valence-corrected chi connectivity index (χ0v) is 19.2. The second kappa shape index (κ2) is 9.47. The van der Waals surface area contributed by atoms with Crippen molar-refractivity contribution in [3.05, 3.63) is 40.4 Å². The summed E-state index contributed by atoms with van der Waals surface area (Å²) in [7, 11) is -1.04. The Labute approximate surface area is 189 Å². The third kappa shape index (κ3) is 5.14. The number of rotatable bonds is 5. The van der Waals surface area contributed by atoms with Crippen LogP contribution < -0.4 is 10.6 Å². The molecule has 1 amide bonds. The Morgan fingerprint density at radius 2 is 1.97 bits per heavy atom. The molecule has 9 heteroatoms. The second-order valence-electron chi connectivity index (χ2n) is 9.07. The summed E-state index contributed by atoms with van der Waals surface area (Å²) in [6, 6.07) is 4.47. The van der Waals surface area contributed by atoms with Gasteiger partial charge in [0.2, 0.25) is 0 Å². The minimum absolute atomic E-state index is 0.462. The quantitative estimate of drug-likeness (QED) is 0.635. The number of hydrogen-bond donors (Lipinski definition) is 2.